The molecule has 112 valence electrons. The lowest BCUT2D eigenvalue weighted by molar-refractivity contribution is 0.599. The molecule has 2 rings (SSSR count). The van der Waals surface area contributed by atoms with Gasteiger partial charge in [0.2, 0.25) is 0 Å². The molecule has 0 aliphatic heterocycles. The molecule has 1 aliphatic carbocycles. The Morgan fingerprint density at radius 1 is 1.15 bits per heavy atom. The van der Waals surface area contributed by atoms with E-state index >= 15 is 0 Å². The van der Waals surface area contributed by atoms with Crippen molar-refractivity contribution >= 4 is 11.8 Å². The van der Waals surface area contributed by atoms with E-state index in [9.17, 15) is 0 Å². The summed E-state index contributed by atoms with van der Waals surface area (Å²) in [5.74, 6) is 1.21. The molecule has 0 amide bonds. The molecule has 1 aromatic carbocycles. The third kappa shape index (κ3) is 4.02. The molecule has 1 fully saturated rings. The van der Waals surface area contributed by atoms with Gasteiger partial charge in [-0.3, -0.25) is 0 Å². The molecule has 20 heavy (non-hydrogen) atoms. The molecule has 1 aliphatic rings. The van der Waals surface area contributed by atoms with Crippen LogP contribution in [-0.4, -0.2) is 17.5 Å². The Hall–Kier alpha value is -0.470. The highest BCUT2D eigenvalue weighted by Gasteiger charge is 2.20. The summed E-state index contributed by atoms with van der Waals surface area (Å²) >= 11 is 2.19. The SMILES string of the molecule is CCNC(CSC1CCCC1)c1c(C)cc(C)cc1C. The fourth-order valence-corrected chi connectivity index (χ4v) is 4.93. The van der Waals surface area contributed by atoms with Crippen molar-refractivity contribution in [3.63, 3.8) is 0 Å². The molecule has 1 aromatic rings. The molecule has 1 N–H and O–H groups in total. The second-order valence-corrected chi connectivity index (χ2v) is 7.50. The molecular formula is C18H29NS. The van der Waals surface area contributed by atoms with Crippen molar-refractivity contribution in [3.05, 3.63) is 34.4 Å². The van der Waals surface area contributed by atoms with E-state index in [1.807, 2.05) is 0 Å². The summed E-state index contributed by atoms with van der Waals surface area (Å²) in [6, 6.07) is 5.16. The van der Waals surface area contributed by atoms with Gasteiger partial charge in [-0.2, -0.15) is 11.8 Å². The van der Waals surface area contributed by atoms with E-state index in [0.29, 0.717) is 6.04 Å². The summed E-state index contributed by atoms with van der Waals surface area (Å²) in [5, 5.41) is 4.61. The van der Waals surface area contributed by atoms with Gasteiger partial charge in [-0.15, -0.1) is 0 Å². The van der Waals surface area contributed by atoms with Crippen molar-refractivity contribution in [1.29, 1.82) is 0 Å². The standard InChI is InChI=1S/C18H29NS/c1-5-19-17(12-20-16-8-6-7-9-16)18-14(3)10-13(2)11-15(18)4/h10-11,16-17,19H,5-9,12H2,1-4H3. The van der Waals surface area contributed by atoms with E-state index in [0.717, 1.165) is 11.8 Å². The molecule has 1 nitrogen and oxygen atoms in total. The Bertz CT molecular complexity index is 412. The van der Waals surface area contributed by atoms with E-state index < -0.39 is 0 Å². The molecule has 1 atom stereocenters. The average molecular weight is 292 g/mol. The van der Waals surface area contributed by atoms with Crippen LogP contribution >= 0.6 is 11.8 Å². The van der Waals surface area contributed by atoms with Crippen LogP contribution in [0.1, 0.15) is 60.9 Å². The van der Waals surface area contributed by atoms with Crippen LogP contribution in [0.2, 0.25) is 0 Å². The molecule has 0 aromatic heterocycles. The predicted octanol–water partition coefficient (Wildman–Crippen LogP) is 4.94. The van der Waals surface area contributed by atoms with Gasteiger partial charge in [0.15, 0.2) is 0 Å². The van der Waals surface area contributed by atoms with E-state index in [-0.39, 0.29) is 0 Å². The lowest BCUT2D eigenvalue weighted by Gasteiger charge is -2.24. The largest absolute Gasteiger partial charge is 0.309 e. The van der Waals surface area contributed by atoms with Gasteiger partial charge in [-0.05, 0) is 56.8 Å². The maximum absolute atomic E-state index is 3.70. The molecule has 0 spiro atoms. The number of thioether (sulfide) groups is 1. The van der Waals surface area contributed by atoms with Gasteiger partial charge >= 0.3 is 0 Å². The Balaban J connectivity index is 2.10. The topological polar surface area (TPSA) is 12.0 Å². The van der Waals surface area contributed by atoms with Crippen molar-refractivity contribution < 1.29 is 0 Å². The smallest absolute Gasteiger partial charge is 0.0417 e. The summed E-state index contributed by atoms with van der Waals surface area (Å²) in [6.07, 6.45) is 5.73. The van der Waals surface area contributed by atoms with Crippen LogP contribution in [0.4, 0.5) is 0 Å². The van der Waals surface area contributed by atoms with Crippen LogP contribution in [0.25, 0.3) is 0 Å². The fourth-order valence-electron chi connectivity index (χ4n) is 3.52. The zero-order chi connectivity index (χ0) is 14.5. The Morgan fingerprint density at radius 3 is 2.30 bits per heavy atom. The second kappa shape index (κ2) is 7.51. The van der Waals surface area contributed by atoms with Crippen LogP contribution in [0.15, 0.2) is 12.1 Å². The molecule has 0 radical (unpaired) electrons. The lowest BCUT2D eigenvalue weighted by Crippen LogP contribution is -2.25. The molecule has 1 saturated carbocycles. The monoisotopic (exact) mass is 291 g/mol. The molecule has 0 saturated heterocycles. The minimum absolute atomic E-state index is 0.506. The number of nitrogens with one attached hydrogen (secondary N) is 1. The van der Waals surface area contributed by atoms with Crippen LogP contribution in [0.5, 0.6) is 0 Å². The maximum atomic E-state index is 3.70. The first-order valence-electron chi connectivity index (χ1n) is 8.04. The highest BCUT2D eigenvalue weighted by molar-refractivity contribution is 7.99. The summed E-state index contributed by atoms with van der Waals surface area (Å²) in [4.78, 5) is 0. The number of hydrogen-bond acceptors (Lipinski definition) is 2. The number of hydrogen-bond donors (Lipinski definition) is 1. The second-order valence-electron chi connectivity index (χ2n) is 6.16. The van der Waals surface area contributed by atoms with Crippen LogP contribution in [0.3, 0.4) is 0 Å². The zero-order valence-electron chi connectivity index (χ0n) is 13.5. The van der Waals surface area contributed by atoms with E-state index in [4.69, 9.17) is 0 Å². The van der Waals surface area contributed by atoms with Gasteiger partial charge in [0.05, 0.1) is 0 Å². The molecular weight excluding hydrogens is 262 g/mol. The van der Waals surface area contributed by atoms with Gasteiger partial charge in [-0.25, -0.2) is 0 Å². The van der Waals surface area contributed by atoms with E-state index in [1.54, 1.807) is 0 Å². The van der Waals surface area contributed by atoms with Gasteiger partial charge in [0.1, 0.15) is 0 Å². The fraction of sp³-hybridized carbons (Fsp3) is 0.667. The van der Waals surface area contributed by atoms with Crippen molar-refractivity contribution in [2.45, 2.75) is 64.7 Å². The average Bonchev–Trinajstić information content (AvgIpc) is 2.87. The van der Waals surface area contributed by atoms with Gasteiger partial charge < -0.3 is 5.32 Å². The minimum atomic E-state index is 0.506. The third-order valence-electron chi connectivity index (χ3n) is 4.34. The molecule has 0 heterocycles. The Kier molecular flexibility index (Phi) is 5.98. The normalized spacial score (nSPS) is 17.6. The van der Waals surface area contributed by atoms with Crippen LogP contribution in [0, 0.1) is 20.8 Å². The van der Waals surface area contributed by atoms with Crippen molar-refractivity contribution in [2.24, 2.45) is 0 Å². The van der Waals surface area contributed by atoms with Gasteiger partial charge in [0, 0.05) is 17.0 Å². The Morgan fingerprint density at radius 2 is 1.75 bits per heavy atom. The van der Waals surface area contributed by atoms with Gasteiger partial charge in [0.25, 0.3) is 0 Å². The first-order valence-corrected chi connectivity index (χ1v) is 9.09. The summed E-state index contributed by atoms with van der Waals surface area (Å²) in [7, 11) is 0. The molecule has 2 heteroatoms. The highest BCUT2D eigenvalue weighted by Crippen LogP contribution is 2.33. The first-order chi connectivity index (χ1) is 9.61. The summed E-state index contributed by atoms with van der Waals surface area (Å²) in [6.45, 7) is 9.98. The van der Waals surface area contributed by atoms with Gasteiger partial charge in [-0.1, -0.05) is 37.5 Å². The first kappa shape index (κ1) is 15.9. The minimum Gasteiger partial charge on any atom is -0.309 e. The van der Waals surface area contributed by atoms with Crippen LogP contribution in [-0.2, 0) is 0 Å². The molecule has 1 unspecified atom stereocenters. The highest BCUT2D eigenvalue weighted by atomic mass is 32.2. The number of rotatable bonds is 6. The van der Waals surface area contributed by atoms with Crippen molar-refractivity contribution in [1.82, 2.24) is 5.32 Å². The summed E-state index contributed by atoms with van der Waals surface area (Å²) in [5.41, 5.74) is 5.80. The summed E-state index contributed by atoms with van der Waals surface area (Å²) < 4.78 is 0. The lowest BCUT2D eigenvalue weighted by atomic mass is 9.95. The third-order valence-corrected chi connectivity index (χ3v) is 5.81. The molecule has 0 bridgehead atoms. The predicted molar refractivity (Wildman–Crippen MR) is 91.8 cm³/mol. The van der Waals surface area contributed by atoms with Crippen molar-refractivity contribution in [2.75, 3.05) is 12.3 Å². The van der Waals surface area contributed by atoms with Crippen molar-refractivity contribution in [3.8, 4) is 0 Å². The maximum Gasteiger partial charge on any atom is 0.0417 e. The van der Waals surface area contributed by atoms with E-state index in [1.165, 1.54) is 53.7 Å². The zero-order valence-corrected chi connectivity index (χ0v) is 14.3. The number of benzene rings is 1. The van der Waals surface area contributed by atoms with Crippen LogP contribution < -0.4 is 5.32 Å². The quantitative estimate of drug-likeness (QED) is 0.797. The van der Waals surface area contributed by atoms with E-state index in [2.05, 4.69) is 56.9 Å². The Labute approximate surface area is 128 Å². The number of aryl methyl sites for hydroxylation is 3.